The lowest BCUT2D eigenvalue weighted by Gasteiger charge is -2.57. The Kier molecular flexibility index (Phi) is 8.89. The van der Waals surface area contributed by atoms with E-state index in [-0.39, 0.29) is 40.0 Å². The lowest BCUT2D eigenvalue weighted by molar-refractivity contribution is -0.152. The van der Waals surface area contributed by atoms with Crippen LogP contribution >= 0.6 is 0 Å². The summed E-state index contributed by atoms with van der Waals surface area (Å²) >= 11 is 0. The number of methoxy groups -OCH3 is 2. The van der Waals surface area contributed by atoms with Crippen LogP contribution in [0.15, 0.2) is 34.9 Å². The number of carbonyl (C=O) groups excluding carboxylic acids is 2. The summed E-state index contributed by atoms with van der Waals surface area (Å²) in [6, 6.07) is 0. The fourth-order valence-corrected chi connectivity index (χ4v) is 8.66. The number of esters is 2. The highest BCUT2D eigenvalue weighted by Crippen LogP contribution is 2.71. The van der Waals surface area contributed by atoms with Gasteiger partial charge in [-0.15, -0.1) is 0 Å². The smallest absolute Gasteiger partial charge is 0.309 e. The van der Waals surface area contributed by atoms with Crippen molar-refractivity contribution in [1.82, 2.24) is 0 Å². The largest absolute Gasteiger partial charge is 0.469 e. The lowest BCUT2D eigenvalue weighted by atomic mass is 9.47. The molecular formula is C32H50O5. The third kappa shape index (κ3) is 5.10. The van der Waals surface area contributed by atoms with Gasteiger partial charge in [-0.25, -0.2) is 0 Å². The predicted molar refractivity (Wildman–Crippen MR) is 148 cm³/mol. The summed E-state index contributed by atoms with van der Waals surface area (Å²) in [4.78, 5) is 25.3. The van der Waals surface area contributed by atoms with Crippen molar-refractivity contribution in [3.8, 4) is 0 Å². The van der Waals surface area contributed by atoms with Gasteiger partial charge in [-0.1, -0.05) is 55.7 Å². The van der Waals surface area contributed by atoms with Crippen molar-refractivity contribution in [2.45, 2.75) is 105 Å². The van der Waals surface area contributed by atoms with E-state index in [0.717, 1.165) is 38.5 Å². The van der Waals surface area contributed by atoms with Gasteiger partial charge >= 0.3 is 11.9 Å². The van der Waals surface area contributed by atoms with Crippen LogP contribution in [-0.4, -0.2) is 37.4 Å². The fraction of sp³-hybridized carbons (Fsp3) is 0.750. The average molecular weight is 515 g/mol. The molecule has 0 amide bonds. The third-order valence-electron chi connectivity index (χ3n) is 10.7. The molecule has 1 fully saturated rings. The van der Waals surface area contributed by atoms with Crippen LogP contribution in [0.2, 0.25) is 0 Å². The normalized spacial score (nSPS) is 35.8. The molecule has 0 spiro atoms. The zero-order valence-electron chi connectivity index (χ0n) is 24.5. The number of hydrogen-bond acceptors (Lipinski definition) is 5. The van der Waals surface area contributed by atoms with Crippen molar-refractivity contribution in [1.29, 1.82) is 0 Å². The Morgan fingerprint density at radius 1 is 1.11 bits per heavy atom. The van der Waals surface area contributed by atoms with Crippen molar-refractivity contribution in [3.05, 3.63) is 34.9 Å². The van der Waals surface area contributed by atoms with Crippen LogP contribution in [0.4, 0.5) is 0 Å². The van der Waals surface area contributed by atoms with E-state index < -0.39 is 6.10 Å². The quantitative estimate of drug-likeness (QED) is 0.266. The number of rotatable bonds is 9. The number of hydrogen-bond donors (Lipinski definition) is 1. The molecule has 3 aliphatic carbocycles. The zero-order chi connectivity index (χ0) is 27.8. The van der Waals surface area contributed by atoms with Crippen molar-refractivity contribution < 1.29 is 24.2 Å². The van der Waals surface area contributed by atoms with Gasteiger partial charge in [0.15, 0.2) is 0 Å². The van der Waals surface area contributed by atoms with Crippen LogP contribution in [-0.2, 0) is 19.1 Å². The summed E-state index contributed by atoms with van der Waals surface area (Å²) in [5.74, 6) is -0.537. The van der Waals surface area contributed by atoms with Crippen LogP contribution < -0.4 is 0 Å². The molecule has 0 heterocycles. The first kappa shape index (κ1) is 29.7. The van der Waals surface area contributed by atoms with Crippen molar-refractivity contribution >= 4 is 11.9 Å². The second kappa shape index (κ2) is 11.1. The molecular weight excluding hydrogens is 464 g/mol. The summed E-state index contributed by atoms with van der Waals surface area (Å²) in [7, 11) is 2.92. The van der Waals surface area contributed by atoms with Crippen molar-refractivity contribution in [2.75, 3.05) is 14.2 Å². The molecule has 0 aromatic carbocycles. The number of carbonyl (C=O) groups is 2. The molecule has 0 radical (unpaired) electrons. The molecule has 3 rings (SSSR count). The van der Waals surface area contributed by atoms with E-state index in [1.54, 1.807) is 0 Å². The van der Waals surface area contributed by atoms with Gasteiger partial charge < -0.3 is 14.6 Å². The first-order valence-electron chi connectivity index (χ1n) is 14.1. The molecule has 0 saturated heterocycles. The Balaban J connectivity index is 2.06. The summed E-state index contributed by atoms with van der Waals surface area (Å²) in [5.41, 5.74) is 4.75. The number of fused-ring (bicyclic) bond motifs is 2. The molecule has 0 aliphatic heterocycles. The fourth-order valence-electron chi connectivity index (χ4n) is 8.66. The summed E-state index contributed by atoms with van der Waals surface area (Å²) in [6.07, 6.45) is 8.71. The summed E-state index contributed by atoms with van der Waals surface area (Å²) in [6.45, 7) is 17.6. The van der Waals surface area contributed by atoms with E-state index in [4.69, 9.17) is 9.47 Å². The van der Waals surface area contributed by atoms with E-state index in [0.29, 0.717) is 25.2 Å². The van der Waals surface area contributed by atoms with Crippen LogP contribution in [0.5, 0.6) is 0 Å². The van der Waals surface area contributed by atoms with E-state index in [1.165, 1.54) is 36.5 Å². The van der Waals surface area contributed by atoms with Crippen molar-refractivity contribution in [2.24, 2.45) is 34.0 Å². The molecule has 0 unspecified atom stereocenters. The van der Waals surface area contributed by atoms with Crippen molar-refractivity contribution in [3.63, 3.8) is 0 Å². The minimum Gasteiger partial charge on any atom is -0.469 e. The second-order valence-corrected chi connectivity index (χ2v) is 12.9. The highest BCUT2D eigenvalue weighted by atomic mass is 16.5. The zero-order valence-corrected chi connectivity index (χ0v) is 24.5. The molecule has 0 aromatic heterocycles. The topological polar surface area (TPSA) is 72.8 Å². The van der Waals surface area contributed by atoms with Gasteiger partial charge in [-0.3, -0.25) is 9.59 Å². The van der Waals surface area contributed by atoms with E-state index in [2.05, 4.69) is 54.2 Å². The number of allylic oxidation sites excluding steroid dienone is 5. The maximum Gasteiger partial charge on any atom is 0.309 e. The van der Waals surface area contributed by atoms with Gasteiger partial charge in [0.05, 0.1) is 26.2 Å². The van der Waals surface area contributed by atoms with Gasteiger partial charge in [0, 0.05) is 12.3 Å². The van der Waals surface area contributed by atoms with Gasteiger partial charge in [0.2, 0.25) is 0 Å². The molecule has 1 saturated carbocycles. The Hall–Kier alpha value is -1.88. The second-order valence-electron chi connectivity index (χ2n) is 12.9. The van der Waals surface area contributed by atoms with Crippen LogP contribution in [0, 0.1) is 34.0 Å². The Labute approximate surface area is 224 Å². The molecule has 3 aliphatic rings. The summed E-state index contributed by atoms with van der Waals surface area (Å²) in [5, 5.41) is 11.6. The minimum absolute atomic E-state index is 0.148. The predicted octanol–water partition coefficient (Wildman–Crippen LogP) is 6.95. The molecule has 7 atom stereocenters. The molecule has 0 aromatic rings. The molecule has 5 nitrogen and oxygen atoms in total. The number of ether oxygens (including phenoxy) is 2. The Bertz CT molecular complexity index is 972. The van der Waals surface area contributed by atoms with Gasteiger partial charge in [0.1, 0.15) is 0 Å². The Morgan fingerprint density at radius 2 is 1.78 bits per heavy atom. The van der Waals surface area contributed by atoms with Gasteiger partial charge in [0.25, 0.3) is 0 Å². The van der Waals surface area contributed by atoms with Crippen LogP contribution in [0.25, 0.3) is 0 Å². The highest BCUT2D eigenvalue weighted by molar-refractivity contribution is 5.73. The standard InChI is InChI=1S/C32H50O5/c1-20(2)11-10-12-22(29(35)37-9)28-26(33)19-32(7)25-14-13-23(21(3)4)30(5,17-16-27(34)36-8)24(25)15-18-31(28,32)6/h11,22-23,26,28,33H,3,10,12-19H2,1-2,4-9H3/t22-,23+,26-,28+,30+,31-,32+/m1/s1. The number of aliphatic hydroxyl groups is 1. The first-order valence-corrected chi connectivity index (χ1v) is 14.1. The summed E-state index contributed by atoms with van der Waals surface area (Å²) < 4.78 is 10.3. The molecule has 208 valence electrons. The highest BCUT2D eigenvalue weighted by Gasteiger charge is 2.65. The van der Waals surface area contributed by atoms with E-state index in [9.17, 15) is 14.7 Å². The molecule has 37 heavy (non-hydrogen) atoms. The van der Waals surface area contributed by atoms with Gasteiger partial charge in [-0.05, 0) is 94.3 Å². The molecule has 1 N–H and O–H groups in total. The SMILES string of the molecule is C=C(C)[C@@H]1CCC2=C(CC[C@]3(C)[C@@H]([C@@H](CCC=C(C)C)C(=O)OC)[C@H](O)C[C@@]23C)[C@@]1(C)CCC(=O)OC. The van der Waals surface area contributed by atoms with Crippen LogP contribution in [0.1, 0.15) is 99.3 Å². The minimum atomic E-state index is -0.558. The first-order chi connectivity index (χ1) is 17.3. The maximum atomic E-state index is 13.1. The molecule has 0 bridgehead atoms. The average Bonchev–Trinajstić information content (AvgIpc) is 3.04. The third-order valence-corrected chi connectivity index (χ3v) is 10.7. The monoisotopic (exact) mass is 514 g/mol. The van der Waals surface area contributed by atoms with E-state index >= 15 is 0 Å². The maximum absolute atomic E-state index is 13.1. The Morgan fingerprint density at radius 3 is 2.35 bits per heavy atom. The van der Waals surface area contributed by atoms with Crippen LogP contribution in [0.3, 0.4) is 0 Å². The number of aliphatic hydroxyl groups excluding tert-OH is 1. The molecule has 5 heteroatoms. The van der Waals surface area contributed by atoms with E-state index in [1.807, 2.05) is 0 Å². The lowest BCUT2D eigenvalue weighted by Crippen LogP contribution is -2.49. The van der Waals surface area contributed by atoms with Gasteiger partial charge in [-0.2, -0.15) is 0 Å².